The van der Waals surface area contributed by atoms with Gasteiger partial charge in [-0.2, -0.15) is 0 Å². The van der Waals surface area contributed by atoms with Crippen LogP contribution in [-0.4, -0.2) is 65.1 Å². The first-order valence-electron chi connectivity index (χ1n) is 13.7. The number of epoxide rings is 2. The van der Waals surface area contributed by atoms with E-state index in [-0.39, 0.29) is 6.10 Å². The van der Waals surface area contributed by atoms with Crippen molar-refractivity contribution in [2.75, 3.05) is 52.9 Å². The van der Waals surface area contributed by atoms with E-state index in [1.807, 2.05) is 12.1 Å². The molecule has 6 nitrogen and oxygen atoms in total. The highest BCUT2D eigenvalue weighted by molar-refractivity contribution is 5.71. The van der Waals surface area contributed by atoms with Gasteiger partial charge in [0.05, 0.1) is 39.6 Å². The molecule has 0 aromatic heterocycles. The first-order valence-corrected chi connectivity index (χ1v) is 13.7. The third-order valence-corrected chi connectivity index (χ3v) is 6.95. The second-order valence-electron chi connectivity index (χ2n) is 9.92. The molecule has 5 rings (SSSR count). The van der Waals surface area contributed by atoms with Crippen LogP contribution in [-0.2, 0) is 18.9 Å². The van der Waals surface area contributed by atoms with Gasteiger partial charge in [-0.15, -0.1) is 0 Å². The van der Waals surface area contributed by atoms with Gasteiger partial charge in [0.25, 0.3) is 0 Å². The molecule has 2 aliphatic heterocycles. The molecule has 0 radical (unpaired) electrons. The zero-order chi connectivity index (χ0) is 26.2. The van der Waals surface area contributed by atoms with Crippen molar-refractivity contribution in [1.82, 2.24) is 0 Å². The van der Waals surface area contributed by atoms with E-state index in [9.17, 15) is 0 Å². The summed E-state index contributed by atoms with van der Waals surface area (Å²) in [4.78, 5) is 0. The van der Waals surface area contributed by atoms with Crippen LogP contribution in [0.3, 0.4) is 0 Å². The molecule has 2 aliphatic rings. The number of rotatable bonds is 16. The van der Waals surface area contributed by atoms with Crippen molar-refractivity contribution in [2.45, 2.75) is 38.4 Å². The lowest BCUT2D eigenvalue weighted by molar-refractivity contribution is 0.0875. The van der Waals surface area contributed by atoms with E-state index >= 15 is 0 Å². The quantitative estimate of drug-likeness (QED) is 0.168. The van der Waals surface area contributed by atoms with Crippen LogP contribution >= 0.6 is 0 Å². The van der Waals surface area contributed by atoms with Crippen LogP contribution in [0.5, 0.6) is 11.5 Å². The fourth-order valence-corrected chi connectivity index (χ4v) is 4.25. The Labute approximate surface area is 225 Å². The Morgan fingerprint density at radius 2 is 1.18 bits per heavy atom. The molecular formula is C32H38O6. The van der Waals surface area contributed by atoms with E-state index in [0.717, 1.165) is 36.7 Å². The highest BCUT2D eigenvalue weighted by Crippen LogP contribution is 2.34. The molecule has 3 atom stereocenters. The summed E-state index contributed by atoms with van der Waals surface area (Å²) in [6.07, 6.45) is 1.63. The maximum Gasteiger partial charge on any atom is 0.122 e. The Balaban J connectivity index is 1.17. The lowest BCUT2D eigenvalue weighted by atomic mass is 9.93. The summed E-state index contributed by atoms with van der Waals surface area (Å²) in [5.74, 6) is 2.20. The summed E-state index contributed by atoms with van der Waals surface area (Å²) >= 11 is 0. The highest BCUT2D eigenvalue weighted by Gasteiger charge is 2.22. The fraction of sp³-hybridized carbons (Fsp3) is 0.438. The number of ether oxygens (including phenoxy) is 6. The molecule has 0 saturated carbocycles. The SMILES string of the molecule is CCC(C)c1cc(-c2ccc(-c3ccc(OCCOCC4CO4)cc3)cc2)ccc1OCCOCC1CO1. The van der Waals surface area contributed by atoms with Gasteiger partial charge < -0.3 is 28.4 Å². The molecule has 3 unspecified atom stereocenters. The number of hydrogen-bond donors (Lipinski definition) is 0. The van der Waals surface area contributed by atoms with E-state index in [1.165, 1.54) is 22.3 Å². The zero-order valence-corrected chi connectivity index (χ0v) is 22.4. The van der Waals surface area contributed by atoms with Gasteiger partial charge in [0.1, 0.15) is 36.9 Å². The molecule has 3 aromatic rings. The number of hydrogen-bond acceptors (Lipinski definition) is 6. The summed E-state index contributed by atoms with van der Waals surface area (Å²) < 4.78 is 33.3. The molecule has 0 amide bonds. The summed E-state index contributed by atoms with van der Waals surface area (Å²) in [6.45, 7) is 9.61. The summed E-state index contributed by atoms with van der Waals surface area (Å²) in [5, 5.41) is 0. The molecule has 6 heteroatoms. The van der Waals surface area contributed by atoms with Crippen LogP contribution < -0.4 is 9.47 Å². The maximum absolute atomic E-state index is 6.10. The minimum Gasteiger partial charge on any atom is -0.491 e. The highest BCUT2D eigenvalue weighted by atomic mass is 16.6. The van der Waals surface area contributed by atoms with Crippen molar-refractivity contribution in [1.29, 1.82) is 0 Å². The zero-order valence-electron chi connectivity index (χ0n) is 22.4. The molecular weight excluding hydrogens is 480 g/mol. The van der Waals surface area contributed by atoms with Gasteiger partial charge in [-0.05, 0) is 64.4 Å². The minimum atomic E-state index is 0.285. The Kier molecular flexibility index (Phi) is 9.31. The molecule has 38 heavy (non-hydrogen) atoms. The summed E-state index contributed by atoms with van der Waals surface area (Å²) in [7, 11) is 0. The van der Waals surface area contributed by atoms with Gasteiger partial charge in [-0.1, -0.05) is 56.3 Å². The van der Waals surface area contributed by atoms with Crippen LogP contribution in [0.4, 0.5) is 0 Å². The van der Waals surface area contributed by atoms with E-state index in [0.29, 0.717) is 51.7 Å². The third kappa shape index (κ3) is 7.81. The monoisotopic (exact) mass is 518 g/mol. The van der Waals surface area contributed by atoms with Crippen LogP contribution in [0.2, 0.25) is 0 Å². The maximum atomic E-state index is 6.10. The second-order valence-corrected chi connectivity index (χ2v) is 9.92. The van der Waals surface area contributed by atoms with E-state index < -0.39 is 0 Å². The van der Waals surface area contributed by atoms with E-state index in [2.05, 4.69) is 68.4 Å². The molecule has 0 aliphatic carbocycles. The van der Waals surface area contributed by atoms with Crippen molar-refractivity contribution in [3.8, 4) is 33.8 Å². The number of benzene rings is 3. The Bertz CT molecular complexity index is 1140. The van der Waals surface area contributed by atoms with Crippen molar-refractivity contribution in [3.05, 3.63) is 72.3 Å². The molecule has 0 N–H and O–H groups in total. The van der Waals surface area contributed by atoms with E-state index in [1.54, 1.807) is 0 Å². The largest absolute Gasteiger partial charge is 0.491 e. The lowest BCUT2D eigenvalue weighted by Crippen LogP contribution is -2.11. The summed E-state index contributed by atoms with van der Waals surface area (Å²) in [6, 6.07) is 23.4. The van der Waals surface area contributed by atoms with E-state index in [4.69, 9.17) is 28.4 Å². The molecule has 202 valence electrons. The Hall–Kier alpha value is -2.90. The van der Waals surface area contributed by atoms with Crippen LogP contribution in [0.15, 0.2) is 66.7 Å². The molecule has 2 heterocycles. The van der Waals surface area contributed by atoms with Crippen molar-refractivity contribution in [3.63, 3.8) is 0 Å². The Morgan fingerprint density at radius 3 is 1.74 bits per heavy atom. The van der Waals surface area contributed by atoms with Gasteiger partial charge in [-0.25, -0.2) is 0 Å². The van der Waals surface area contributed by atoms with Crippen LogP contribution in [0.25, 0.3) is 22.3 Å². The predicted octanol–water partition coefficient (Wildman–Crippen LogP) is 6.12. The first kappa shape index (κ1) is 26.7. The van der Waals surface area contributed by atoms with Crippen LogP contribution in [0.1, 0.15) is 31.7 Å². The summed E-state index contributed by atoms with van der Waals surface area (Å²) in [5.41, 5.74) is 5.95. The van der Waals surface area contributed by atoms with Crippen LogP contribution in [0, 0.1) is 0 Å². The predicted molar refractivity (Wildman–Crippen MR) is 148 cm³/mol. The fourth-order valence-electron chi connectivity index (χ4n) is 4.25. The lowest BCUT2D eigenvalue weighted by Gasteiger charge is -2.18. The molecule has 0 bridgehead atoms. The average Bonchev–Trinajstić information content (AvgIpc) is 3.89. The third-order valence-electron chi connectivity index (χ3n) is 6.95. The van der Waals surface area contributed by atoms with Gasteiger partial charge in [0.15, 0.2) is 0 Å². The Morgan fingerprint density at radius 1 is 0.684 bits per heavy atom. The van der Waals surface area contributed by atoms with Crippen molar-refractivity contribution >= 4 is 0 Å². The molecule has 0 spiro atoms. The van der Waals surface area contributed by atoms with Crippen molar-refractivity contribution in [2.24, 2.45) is 0 Å². The first-order chi connectivity index (χ1) is 18.7. The van der Waals surface area contributed by atoms with Gasteiger partial charge in [0, 0.05) is 0 Å². The topological polar surface area (TPSA) is 62.0 Å². The average molecular weight is 519 g/mol. The standard InChI is InChI=1S/C32H38O6/c1-3-23(2)31-18-27(10-13-32(31)36-17-15-34-20-30-22-38-30)26-6-4-24(5-7-26)25-8-11-28(12-9-25)35-16-14-33-19-29-21-37-29/h4-13,18,23,29-30H,3,14-17,19-22H2,1-2H3. The molecule has 2 saturated heterocycles. The van der Waals surface area contributed by atoms with Gasteiger partial charge in [-0.3, -0.25) is 0 Å². The minimum absolute atomic E-state index is 0.285. The molecule has 3 aromatic carbocycles. The smallest absolute Gasteiger partial charge is 0.122 e. The second kappa shape index (κ2) is 13.3. The molecule has 2 fully saturated rings. The van der Waals surface area contributed by atoms with Crippen molar-refractivity contribution < 1.29 is 28.4 Å². The van der Waals surface area contributed by atoms with Gasteiger partial charge in [0.2, 0.25) is 0 Å². The van der Waals surface area contributed by atoms with Gasteiger partial charge >= 0.3 is 0 Å². The normalized spacial score (nSPS) is 18.7.